The van der Waals surface area contributed by atoms with Crippen LogP contribution < -0.4 is 10.1 Å². The first-order valence-electron chi connectivity index (χ1n) is 11.3. The molecule has 2 atom stereocenters. The molecule has 1 heterocycles. The van der Waals surface area contributed by atoms with Crippen LogP contribution in [0.15, 0.2) is 71.1 Å². The van der Waals surface area contributed by atoms with E-state index < -0.39 is 11.9 Å². The second-order valence-electron chi connectivity index (χ2n) is 8.49. The summed E-state index contributed by atoms with van der Waals surface area (Å²) >= 11 is 0. The van der Waals surface area contributed by atoms with Crippen molar-refractivity contribution in [3.63, 3.8) is 0 Å². The number of allylic oxidation sites excluding steroid dienone is 3. The van der Waals surface area contributed by atoms with Gasteiger partial charge in [0.15, 0.2) is 5.78 Å². The number of phenols is 1. The van der Waals surface area contributed by atoms with Crippen LogP contribution in [0.25, 0.3) is 0 Å². The Balaban J connectivity index is 1.79. The number of nitrogens with one attached hydrogen (secondary N) is 1. The van der Waals surface area contributed by atoms with E-state index in [-0.39, 0.29) is 17.5 Å². The van der Waals surface area contributed by atoms with E-state index in [0.717, 1.165) is 17.0 Å². The second-order valence-corrected chi connectivity index (χ2v) is 8.49. The molecule has 0 fully saturated rings. The van der Waals surface area contributed by atoms with Crippen molar-refractivity contribution in [1.82, 2.24) is 5.32 Å². The zero-order valence-electron chi connectivity index (χ0n) is 19.2. The van der Waals surface area contributed by atoms with Crippen LogP contribution >= 0.6 is 0 Å². The molecule has 1 aliphatic heterocycles. The van der Waals surface area contributed by atoms with Gasteiger partial charge in [-0.25, -0.2) is 4.79 Å². The fourth-order valence-electron chi connectivity index (χ4n) is 4.84. The summed E-state index contributed by atoms with van der Waals surface area (Å²) in [7, 11) is 1.63. The van der Waals surface area contributed by atoms with Gasteiger partial charge in [-0.2, -0.15) is 0 Å². The summed E-state index contributed by atoms with van der Waals surface area (Å²) in [6.45, 7) is 4.07. The molecule has 33 heavy (non-hydrogen) atoms. The van der Waals surface area contributed by atoms with E-state index in [1.54, 1.807) is 25.3 Å². The molecular formula is C27H29NO5. The van der Waals surface area contributed by atoms with E-state index in [0.29, 0.717) is 48.3 Å². The Bertz CT molecular complexity index is 1150. The van der Waals surface area contributed by atoms with Gasteiger partial charge in [0.1, 0.15) is 11.5 Å². The number of ketones is 1. The number of hydrogen-bond donors (Lipinski definition) is 2. The first-order chi connectivity index (χ1) is 15.9. The maximum atomic E-state index is 13.6. The third kappa shape index (κ3) is 4.38. The smallest absolute Gasteiger partial charge is 0.336 e. The number of carbonyl (C=O) groups is 2. The number of esters is 1. The summed E-state index contributed by atoms with van der Waals surface area (Å²) in [5.41, 5.74) is 4.13. The van der Waals surface area contributed by atoms with Gasteiger partial charge in [0.25, 0.3) is 0 Å². The summed E-state index contributed by atoms with van der Waals surface area (Å²) in [6.07, 6.45) is 1.63. The third-order valence-electron chi connectivity index (χ3n) is 6.27. The monoisotopic (exact) mass is 447 g/mol. The van der Waals surface area contributed by atoms with Gasteiger partial charge in [-0.3, -0.25) is 4.79 Å². The molecule has 0 saturated heterocycles. The molecule has 2 aliphatic rings. The van der Waals surface area contributed by atoms with Crippen molar-refractivity contribution in [3.05, 3.63) is 82.2 Å². The number of hydrogen-bond acceptors (Lipinski definition) is 6. The van der Waals surface area contributed by atoms with Crippen LogP contribution in [0.2, 0.25) is 0 Å². The predicted octanol–water partition coefficient (Wildman–Crippen LogP) is 4.72. The Morgan fingerprint density at radius 3 is 2.67 bits per heavy atom. The highest BCUT2D eigenvalue weighted by molar-refractivity contribution is 6.04. The number of benzene rings is 2. The molecule has 172 valence electrons. The Morgan fingerprint density at radius 1 is 1.15 bits per heavy atom. The number of para-hydroxylation sites is 1. The largest absolute Gasteiger partial charge is 0.508 e. The fraction of sp³-hybridized carbons (Fsp3) is 0.333. The van der Waals surface area contributed by atoms with Crippen molar-refractivity contribution in [1.29, 1.82) is 0 Å². The highest BCUT2D eigenvalue weighted by Crippen LogP contribution is 2.47. The molecular weight excluding hydrogens is 418 g/mol. The molecule has 2 N–H and O–H groups in total. The van der Waals surface area contributed by atoms with Crippen LogP contribution in [0.4, 0.5) is 0 Å². The summed E-state index contributed by atoms with van der Waals surface area (Å²) in [5, 5.41) is 13.5. The number of rotatable bonds is 6. The lowest BCUT2D eigenvalue weighted by atomic mass is 9.71. The Kier molecular flexibility index (Phi) is 6.54. The Morgan fingerprint density at radius 2 is 1.94 bits per heavy atom. The number of Topliss-reactive ketones (excluding diaryl/α,β-unsaturated/α-hetero) is 1. The molecule has 2 aromatic carbocycles. The van der Waals surface area contributed by atoms with Crippen LogP contribution in [0.5, 0.6) is 11.5 Å². The van der Waals surface area contributed by atoms with E-state index >= 15 is 0 Å². The topological polar surface area (TPSA) is 84.9 Å². The zero-order valence-corrected chi connectivity index (χ0v) is 19.2. The van der Waals surface area contributed by atoms with Crippen LogP contribution in [0, 0.1) is 0 Å². The average molecular weight is 448 g/mol. The summed E-state index contributed by atoms with van der Waals surface area (Å²) in [6, 6.07) is 14.5. The maximum Gasteiger partial charge on any atom is 0.336 e. The molecule has 6 heteroatoms. The predicted molar refractivity (Wildman–Crippen MR) is 125 cm³/mol. The minimum Gasteiger partial charge on any atom is -0.508 e. The maximum absolute atomic E-state index is 13.6. The standard InChI is InChI=1S/C27H29NO5/c1-4-12-33-27(31)24-16(2)28-21-14-18(20-10-5-6-11-23(20)32-3)15-22(30)26(21)25(24)17-8-7-9-19(29)13-17/h5-11,13,18,25,28-29H,4,12,14-15H2,1-3H3. The van der Waals surface area contributed by atoms with Crippen molar-refractivity contribution in [2.24, 2.45) is 0 Å². The SMILES string of the molecule is CCCOC(=O)C1=C(C)NC2=C(C(=O)CC(c3ccccc3OC)C2)C1c1cccc(O)c1. The minimum absolute atomic E-state index is 0.0266. The lowest BCUT2D eigenvalue weighted by molar-refractivity contribution is -0.139. The molecule has 1 aliphatic carbocycles. The van der Waals surface area contributed by atoms with E-state index in [1.165, 1.54) is 0 Å². The first kappa shape index (κ1) is 22.6. The molecule has 2 aromatic rings. The van der Waals surface area contributed by atoms with Crippen LogP contribution in [-0.4, -0.2) is 30.6 Å². The second kappa shape index (κ2) is 9.53. The highest BCUT2D eigenvalue weighted by atomic mass is 16.5. The fourth-order valence-corrected chi connectivity index (χ4v) is 4.84. The van der Waals surface area contributed by atoms with Gasteiger partial charge in [0.05, 0.1) is 19.3 Å². The van der Waals surface area contributed by atoms with Crippen molar-refractivity contribution < 1.29 is 24.2 Å². The van der Waals surface area contributed by atoms with Crippen LogP contribution in [0.3, 0.4) is 0 Å². The van der Waals surface area contributed by atoms with Gasteiger partial charge in [-0.1, -0.05) is 37.3 Å². The Labute approximate surface area is 193 Å². The molecule has 4 rings (SSSR count). The van der Waals surface area contributed by atoms with E-state index in [4.69, 9.17) is 9.47 Å². The molecule has 0 amide bonds. The van der Waals surface area contributed by atoms with Crippen molar-refractivity contribution in [2.75, 3.05) is 13.7 Å². The molecule has 0 saturated carbocycles. The number of aromatic hydroxyl groups is 1. The lowest BCUT2D eigenvalue weighted by Crippen LogP contribution is -2.36. The van der Waals surface area contributed by atoms with Gasteiger partial charge >= 0.3 is 5.97 Å². The quantitative estimate of drug-likeness (QED) is 0.624. The van der Waals surface area contributed by atoms with Crippen molar-refractivity contribution >= 4 is 11.8 Å². The van der Waals surface area contributed by atoms with E-state index in [9.17, 15) is 14.7 Å². The number of methoxy groups -OCH3 is 1. The summed E-state index contributed by atoms with van der Waals surface area (Å²) in [4.78, 5) is 26.6. The zero-order chi connectivity index (χ0) is 23.5. The summed E-state index contributed by atoms with van der Waals surface area (Å²) < 4.78 is 11.0. The Hall–Kier alpha value is -3.54. The third-order valence-corrected chi connectivity index (χ3v) is 6.27. The molecule has 0 radical (unpaired) electrons. The normalized spacial score (nSPS) is 20.3. The van der Waals surface area contributed by atoms with Gasteiger partial charge in [-0.05, 0) is 49.1 Å². The van der Waals surface area contributed by atoms with Gasteiger partial charge in [0.2, 0.25) is 0 Å². The molecule has 2 unspecified atom stereocenters. The number of carbonyl (C=O) groups excluding carboxylic acids is 2. The van der Waals surface area contributed by atoms with Crippen molar-refractivity contribution in [3.8, 4) is 11.5 Å². The van der Waals surface area contributed by atoms with E-state index in [2.05, 4.69) is 5.32 Å². The number of phenolic OH excluding ortho intramolecular Hbond substituents is 1. The molecule has 6 nitrogen and oxygen atoms in total. The van der Waals surface area contributed by atoms with E-state index in [1.807, 2.05) is 44.2 Å². The molecule has 0 bridgehead atoms. The molecule has 0 aromatic heterocycles. The van der Waals surface area contributed by atoms with Crippen LogP contribution in [0.1, 0.15) is 56.1 Å². The average Bonchev–Trinajstić information content (AvgIpc) is 2.81. The molecule has 0 spiro atoms. The highest BCUT2D eigenvalue weighted by Gasteiger charge is 2.41. The lowest BCUT2D eigenvalue weighted by Gasteiger charge is -2.37. The van der Waals surface area contributed by atoms with Gasteiger partial charge < -0.3 is 19.9 Å². The summed E-state index contributed by atoms with van der Waals surface area (Å²) in [5.74, 6) is -0.254. The van der Waals surface area contributed by atoms with Gasteiger partial charge in [0, 0.05) is 35.2 Å². The minimum atomic E-state index is -0.594. The number of ether oxygens (including phenoxy) is 2. The van der Waals surface area contributed by atoms with Crippen LogP contribution in [-0.2, 0) is 14.3 Å². The first-order valence-corrected chi connectivity index (χ1v) is 11.3. The van der Waals surface area contributed by atoms with Crippen molar-refractivity contribution in [2.45, 2.75) is 44.9 Å². The number of dihydropyridines is 1. The van der Waals surface area contributed by atoms with Gasteiger partial charge in [-0.15, -0.1) is 0 Å².